The minimum absolute atomic E-state index is 0.468. The molecule has 0 saturated heterocycles. The summed E-state index contributed by atoms with van der Waals surface area (Å²) in [6.45, 7) is 1.94. The summed E-state index contributed by atoms with van der Waals surface area (Å²) in [7, 11) is 1.58. The third-order valence-corrected chi connectivity index (χ3v) is 4.30. The first-order chi connectivity index (χ1) is 12.1. The molecule has 7 heteroatoms. The number of ether oxygens (including phenoxy) is 1. The highest BCUT2D eigenvalue weighted by Gasteiger charge is 2.06. The largest absolute Gasteiger partial charge is 0.495 e. The summed E-state index contributed by atoms with van der Waals surface area (Å²) in [4.78, 5) is 8.70. The molecular formula is C18H16Cl2N4O. The Bertz CT molecular complexity index is 902. The van der Waals surface area contributed by atoms with E-state index in [0.717, 1.165) is 16.9 Å². The normalized spacial score (nSPS) is 10.4. The molecule has 0 spiro atoms. The van der Waals surface area contributed by atoms with Crippen molar-refractivity contribution >= 4 is 46.3 Å². The van der Waals surface area contributed by atoms with Crippen molar-refractivity contribution in [2.75, 3.05) is 17.7 Å². The van der Waals surface area contributed by atoms with Gasteiger partial charge in [-0.15, -0.1) is 0 Å². The molecule has 2 N–H and O–H groups in total. The van der Waals surface area contributed by atoms with Crippen molar-refractivity contribution in [2.45, 2.75) is 6.92 Å². The molecule has 1 heterocycles. The summed E-state index contributed by atoms with van der Waals surface area (Å²) < 4.78 is 5.15. The van der Waals surface area contributed by atoms with Gasteiger partial charge in [0.05, 0.1) is 12.1 Å². The van der Waals surface area contributed by atoms with Crippen LogP contribution in [-0.2, 0) is 0 Å². The van der Waals surface area contributed by atoms with Gasteiger partial charge in [-0.2, -0.15) is 4.98 Å². The quantitative estimate of drug-likeness (QED) is 0.609. The molecule has 2 aromatic carbocycles. The number of nitrogens with one attached hydrogen (secondary N) is 2. The molecule has 0 atom stereocenters. The van der Waals surface area contributed by atoms with Crippen molar-refractivity contribution in [3.8, 4) is 5.75 Å². The Morgan fingerprint density at radius 1 is 1.00 bits per heavy atom. The van der Waals surface area contributed by atoms with Crippen molar-refractivity contribution in [1.29, 1.82) is 0 Å². The molecule has 0 fully saturated rings. The highest BCUT2D eigenvalue weighted by atomic mass is 35.5. The summed E-state index contributed by atoms with van der Waals surface area (Å²) in [5.41, 5.74) is 2.60. The Labute approximate surface area is 156 Å². The number of hydrogen-bond acceptors (Lipinski definition) is 5. The van der Waals surface area contributed by atoms with Crippen LogP contribution in [0.1, 0.15) is 5.56 Å². The highest BCUT2D eigenvalue weighted by molar-refractivity contribution is 6.32. The maximum atomic E-state index is 6.14. The first-order valence-electron chi connectivity index (χ1n) is 7.52. The molecule has 0 radical (unpaired) electrons. The molecule has 0 unspecified atom stereocenters. The molecule has 128 valence electrons. The molecule has 0 aliphatic carbocycles. The summed E-state index contributed by atoms with van der Waals surface area (Å²) in [6, 6.07) is 12.8. The number of methoxy groups -OCH3 is 1. The molecular weight excluding hydrogens is 359 g/mol. The Morgan fingerprint density at radius 2 is 1.84 bits per heavy atom. The van der Waals surface area contributed by atoms with Crippen LogP contribution in [0.2, 0.25) is 10.0 Å². The summed E-state index contributed by atoms with van der Waals surface area (Å²) in [6.07, 6.45) is 1.67. The number of hydrogen-bond donors (Lipinski definition) is 2. The standard InChI is InChI=1S/C18H16Cl2N4O/c1-11-13(19)4-3-5-15(11)23-18-21-9-8-17(24-18)22-12-6-7-16(25-2)14(20)10-12/h3-10H,1-2H3,(H2,21,22,23,24). The summed E-state index contributed by atoms with van der Waals surface area (Å²) >= 11 is 12.3. The van der Waals surface area contributed by atoms with Gasteiger partial charge in [0.2, 0.25) is 5.95 Å². The number of aromatic nitrogens is 2. The maximum Gasteiger partial charge on any atom is 0.229 e. The minimum Gasteiger partial charge on any atom is -0.495 e. The molecule has 0 aliphatic rings. The van der Waals surface area contributed by atoms with Crippen LogP contribution in [0.15, 0.2) is 48.7 Å². The number of benzene rings is 2. The average Bonchev–Trinajstić information content (AvgIpc) is 2.60. The molecule has 5 nitrogen and oxygen atoms in total. The zero-order chi connectivity index (χ0) is 17.8. The zero-order valence-corrected chi connectivity index (χ0v) is 15.2. The Balaban J connectivity index is 1.79. The highest BCUT2D eigenvalue weighted by Crippen LogP contribution is 2.29. The lowest BCUT2D eigenvalue weighted by Crippen LogP contribution is -2.01. The molecule has 0 amide bonds. The Kier molecular flexibility index (Phi) is 5.26. The van der Waals surface area contributed by atoms with Gasteiger partial charge < -0.3 is 15.4 Å². The number of rotatable bonds is 5. The fourth-order valence-electron chi connectivity index (χ4n) is 2.24. The monoisotopic (exact) mass is 374 g/mol. The summed E-state index contributed by atoms with van der Waals surface area (Å²) in [5.74, 6) is 1.72. The fourth-order valence-corrected chi connectivity index (χ4v) is 2.68. The smallest absolute Gasteiger partial charge is 0.229 e. The average molecular weight is 375 g/mol. The third kappa shape index (κ3) is 4.13. The van der Waals surface area contributed by atoms with Crippen LogP contribution < -0.4 is 15.4 Å². The predicted octanol–water partition coefficient (Wildman–Crippen LogP) is 5.59. The second-order valence-electron chi connectivity index (χ2n) is 5.28. The van der Waals surface area contributed by atoms with Crippen LogP contribution in [0.4, 0.5) is 23.1 Å². The van der Waals surface area contributed by atoms with Crippen LogP contribution in [0, 0.1) is 6.92 Å². The van der Waals surface area contributed by atoms with E-state index in [1.807, 2.05) is 31.2 Å². The lowest BCUT2D eigenvalue weighted by molar-refractivity contribution is 0.415. The number of anilines is 4. The van der Waals surface area contributed by atoms with Crippen molar-refractivity contribution in [3.05, 3.63) is 64.3 Å². The van der Waals surface area contributed by atoms with Gasteiger partial charge in [-0.05, 0) is 48.9 Å². The third-order valence-electron chi connectivity index (χ3n) is 3.59. The second-order valence-corrected chi connectivity index (χ2v) is 6.09. The van der Waals surface area contributed by atoms with Gasteiger partial charge >= 0.3 is 0 Å². The van der Waals surface area contributed by atoms with Crippen molar-refractivity contribution in [1.82, 2.24) is 9.97 Å². The summed E-state index contributed by atoms with van der Waals surface area (Å²) in [5, 5.41) is 7.58. The van der Waals surface area contributed by atoms with Crippen molar-refractivity contribution in [3.63, 3.8) is 0 Å². The van der Waals surface area contributed by atoms with E-state index in [1.54, 1.807) is 31.5 Å². The van der Waals surface area contributed by atoms with Gasteiger partial charge in [-0.3, -0.25) is 0 Å². The molecule has 3 aromatic rings. The first kappa shape index (κ1) is 17.3. The van der Waals surface area contributed by atoms with Crippen LogP contribution in [-0.4, -0.2) is 17.1 Å². The van der Waals surface area contributed by atoms with E-state index in [4.69, 9.17) is 27.9 Å². The zero-order valence-electron chi connectivity index (χ0n) is 13.7. The molecule has 0 bridgehead atoms. The molecule has 0 aliphatic heterocycles. The van der Waals surface area contributed by atoms with E-state index >= 15 is 0 Å². The fraction of sp³-hybridized carbons (Fsp3) is 0.111. The van der Waals surface area contributed by atoms with Crippen molar-refractivity contribution in [2.24, 2.45) is 0 Å². The lowest BCUT2D eigenvalue weighted by atomic mass is 10.2. The first-order valence-corrected chi connectivity index (χ1v) is 8.28. The van der Waals surface area contributed by atoms with E-state index in [0.29, 0.717) is 27.6 Å². The van der Waals surface area contributed by atoms with Crippen LogP contribution in [0.5, 0.6) is 5.75 Å². The van der Waals surface area contributed by atoms with Gasteiger partial charge in [0.25, 0.3) is 0 Å². The van der Waals surface area contributed by atoms with E-state index in [2.05, 4.69) is 20.6 Å². The van der Waals surface area contributed by atoms with Crippen LogP contribution >= 0.6 is 23.2 Å². The Morgan fingerprint density at radius 3 is 2.60 bits per heavy atom. The Hall–Kier alpha value is -2.50. The van der Waals surface area contributed by atoms with Crippen LogP contribution in [0.3, 0.4) is 0 Å². The topological polar surface area (TPSA) is 59.1 Å². The molecule has 1 aromatic heterocycles. The van der Waals surface area contributed by atoms with Gasteiger partial charge in [0, 0.05) is 22.6 Å². The maximum absolute atomic E-state index is 6.14. The van der Waals surface area contributed by atoms with E-state index < -0.39 is 0 Å². The molecule has 3 rings (SSSR count). The predicted molar refractivity (Wildman–Crippen MR) is 103 cm³/mol. The van der Waals surface area contributed by atoms with E-state index in [9.17, 15) is 0 Å². The molecule has 25 heavy (non-hydrogen) atoms. The number of halogens is 2. The molecule has 0 saturated carbocycles. The van der Waals surface area contributed by atoms with Gasteiger partial charge in [-0.25, -0.2) is 4.98 Å². The number of nitrogens with zero attached hydrogens (tertiary/aromatic N) is 2. The minimum atomic E-state index is 0.468. The second kappa shape index (κ2) is 7.59. The van der Waals surface area contributed by atoms with Crippen molar-refractivity contribution < 1.29 is 4.74 Å². The van der Waals surface area contributed by atoms with E-state index in [-0.39, 0.29) is 0 Å². The SMILES string of the molecule is COc1ccc(Nc2ccnc(Nc3cccc(Cl)c3C)n2)cc1Cl. The lowest BCUT2D eigenvalue weighted by Gasteiger charge is -2.11. The van der Waals surface area contributed by atoms with Gasteiger partial charge in [0.1, 0.15) is 11.6 Å². The van der Waals surface area contributed by atoms with Crippen LogP contribution in [0.25, 0.3) is 0 Å². The van der Waals surface area contributed by atoms with E-state index in [1.165, 1.54) is 0 Å². The van der Waals surface area contributed by atoms with Gasteiger partial charge in [-0.1, -0.05) is 29.3 Å². The van der Waals surface area contributed by atoms with Gasteiger partial charge in [0.15, 0.2) is 0 Å².